The van der Waals surface area contributed by atoms with Crippen molar-refractivity contribution in [1.29, 1.82) is 0 Å². The Morgan fingerprint density at radius 2 is 1.67 bits per heavy atom. The largest absolute Gasteiger partial charge is 0.368 e. The van der Waals surface area contributed by atoms with Crippen molar-refractivity contribution in [2.45, 2.75) is 39.5 Å². The summed E-state index contributed by atoms with van der Waals surface area (Å²) in [4.78, 5) is 28.7. The van der Waals surface area contributed by atoms with Crippen molar-refractivity contribution in [2.24, 2.45) is 0 Å². The van der Waals surface area contributed by atoms with E-state index in [1.165, 1.54) is 12.8 Å². The Bertz CT molecular complexity index is 907. The van der Waals surface area contributed by atoms with Crippen LogP contribution < -0.4 is 20.9 Å². The molecule has 3 N–H and O–H groups in total. The quantitative estimate of drug-likeness (QED) is 0.432. The van der Waals surface area contributed by atoms with Gasteiger partial charge >= 0.3 is 12.1 Å². The monoisotopic (exact) mass is 471 g/mol. The third kappa shape index (κ3) is 7.29. The lowest BCUT2D eigenvalue weighted by Gasteiger charge is -2.36. The number of rotatable bonds is 8. The number of nitrogens with one attached hydrogen (secondary N) is 3. The average molecular weight is 472 g/mol. The zero-order valence-corrected chi connectivity index (χ0v) is 20.3. The van der Waals surface area contributed by atoms with E-state index in [0.717, 1.165) is 42.9 Å². The van der Waals surface area contributed by atoms with Crippen LogP contribution in [-0.2, 0) is 0 Å². The fraction of sp³-hybridized carbons (Fsp3) is 0.440. The number of hydrogen-bond acceptors (Lipinski definition) is 3. The summed E-state index contributed by atoms with van der Waals surface area (Å²) < 4.78 is 0. The summed E-state index contributed by atoms with van der Waals surface area (Å²) in [5.74, 6) is 0. The Kier molecular flexibility index (Phi) is 9.24. The summed E-state index contributed by atoms with van der Waals surface area (Å²) in [6.07, 6.45) is 4.52. The van der Waals surface area contributed by atoms with Gasteiger partial charge in [-0.1, -0.05) is 49.9 Å². The SMILES string of the molecule is CCCCCCNC(=O)Nc1ccc(N2CCN(C(=O)Nc3c(C)cccc3Cl)CC2)cc1. The first kappa shape index (κ1) is 24.7. The van der Waals surface area contributed by atoms with Crippen LogP contribution in [0.1, 0.15) is 38.2 Å². The molecule has 7 nitrogen and oxygen atoms in total. The van der Waals surface area contributed by atoms with Gasteiger partial charge in [0, 0.05) is 44.1 Å². The van der Waals surface area contributed by atoms with Crippen LogP contribution in [-0.4, -0.2) is 49.7 Å². The third-order valence-corrected chi connectivity index (χ3v) is 6.14. The maximum absolute atomic E-state index is 12.7. The van der Waals surface area contributed by atoms with Crippen LogP contribution in [0.2, 0.25) is 5.02 Å². The lowest BCUT2D eigenvalue weighted by atomic mass is 10.2. The molecule has 4 amide bonds. The molecule has 1 aliphatic rings. The number of unbranched alkanes of at least 4 members (excludes halogenated alkanes) is 3. The molecule has 0 radical (unpaired) electrons. The molecule has 2 aromatic carbocycles. The highest BCUT2D eigenvalue weighted by Gasteiger charge is 2.22. The van der Waals surface area contributed by atoms with Crippen molar-refractivity contribution < 1.29 is 9.59 Å². The number of nitrogens with zero attached hydrogens (tertiary/aromatic N) is 2. The van der Waals surface area contributed by atoms with Gasteiger partial charge in [-0.2, -0.15) is 0 Å². The van der Waals surface area contributed by atoms with Crippen molar-refractivity contribution >= 4 is 40.7 Å². The number of urea groups is 2. The van der Waals surface area contributed by atoms with Gasteiger partial charge in [-0.25, -0.2) is 9.59 Å². The van der Waals surface area contributed by atoms with E-state index >= 15 is 0 Å². The predicted molar refractivity (Wildman–Crippen MR) is 137 cm³/mol. The van der Waals surface area contributed by atoms with E-state index < -0.39 is 0 Å². The Hall–Kier alpha value is -2.93. The molecule has 2 aromatic rings. The van der Waals surface area contributed by atoms with Gasteiger partial charge in [-0.15, -0.1) is 0 Å². The number of piperazine rings is 1. The predicted octanol–water partition coefficient (Wildman–Crippen LogP) is 5.70. The lowest BCUT2D eigenvalue weighted by Crippen LogP contribution is -2.50. The number of para-hydroxylation sites is 1. The molecule has 0 spiro atoms. The zero-order valence-electron chi connectivity index (χ0n) is 19.5. The minimum absolute atomic E-state index is 0.133. The van der Waals surface area contributed by atoms with E-state index in [0.29, 0.717) is 30.3 Å². The molecular weight excluding hydrogens is 438 g/mol. The number of carbonyl (C=O) groups is 2. The minimum Gasteiger partial charge on any atom is -0.368 e. The summed E-state index contributed by atoms with van der Waals surface area (Å²) in [5.41, 5.74) is 3.44. The molecule has 178 valence electrons. The van der Waals surface area contributed by atoms with Crippen molar-refractivity contribution in [2.75, 3.05) is 48.3 Å². The molecule has 0 aromatic heterocycles. The molecule has 1 saturated heterocycles. The standard InChI is InChI=1S/C25H34ClN5O2/c1-3-4-5-6-14-27-24(32)28-20-10-12-21(13-11-20)30-15-17-31(18-16-30)25(33)29-23-19(2)8-7-9-22(23)26/h7-13H,3-6,14-18H2,1-2H3,(H,29,33)(H2,27,28,32). The first-order valence-corrected chi connectivity index (χ1v) is 12.1. The topological polar surface area (TPSA) is 76.7 Å². The van der Waals surface area contributed by atoms with Crippen LogP contribution in [0.25, 0.3) is 0 Å². The number of amides is 4. The molecule has 1 aliphatic heterocycles. The van der Waals surface area contributed by atoms with E-state index in [2.05, 4.69) is 27.8 Å². The molecule has 0 atom stereocenters. The molecule has 0 bridgehead atoms. The van der Waals surface area contributed by atoms with Crippen molar-refractivity contribution in [3.8, 4) is 0 Å². The first-order valence-electron chi connectivity index (χ1n) is 11.7. The van der Waals surface area contributed by atoms with Gasteiger partial charge < -0.3 is 25.8 Å². The van der Waals surface area contributed by atoms with Gasteiger partial charge in [0.2, 0.25) is 0 Å². The second-order valence-electron chi connectivity index (χ2n) is 8.32. The van der Waals surface area contributed by atoms with Crippen LogP contribution >= 0.6 is 11.6 Å². The van der Waals surface area contributed by atoms with E-state index in [1.807, 2.05) is 43.3 Å². The van der Waals surface area contributed by atoms with Gasteiger partial charge in [0.25, 0.3) is 0 Å². The maximum Gasteiger partial charge on any atom is 0.322 e. The Balaban J connectivity index is 1.44. The molecule has 0 saturated carbocycles. The van der Waals surface area contributed by atoms with Crippen LogP contribution in [0, 0.1) is 6.92 Å². The molecular formula is C25H34ClN5O2. The summed E-state index contributed by atoms with van der Waals surface area (Å²) in [7, 11) is 0. The number of benzene rings is 2. The molecule has 3 rings (SSSR count). The minimum atomic E-state index is -0.173. The third-order valence-electron chi connectivity index (χ3n) is 5.83. The number of carbonyl (C=O) groups excluding carboxylic acids is 2. The lowest BCUT2D eigenvalue weighted by molar-refractivity contribution is 0.208. The van der Waals surface area contributed by atoms with Crippen LogP contribution in [0.15, 0.2) is 42.5 Å². The second-order valence-corrected chi connectivity index (χ2v) is 8.73. The van der Waals surface area contributed by atoms with Crippen LogP contribution in [0.3, 0.4) is 0 Å². The average Bonchev–Trinajstić information content (AvgIpc) is 2.82. The summed E-state index contributed by atoms with van der Waals surface area (Å²) in [5, 5.41) is 9.26. The number of anilines is 3. The van der Waals surface area contributed by atoms with E-state index in [1.54, 1.807) is 11.0 Å². The van der Waals surface area contributed by atoms with Gasteiger partial charge in [0.15, 0.2) is 0 Å². The smallest absolute Gasteiger partial charge is 0.322 e. The normalized spacial score (nSPS) is 13.5. The van der Waals surface area contributed by atoms with Crippen molar-refractivity contribution in [1.82, 2.24) is 10.2 Å². The highest BCUT2D eigenvalue weighted by Crippen LogP contribution is 2.26. The van der Waals surface area contributed by atoms with Crippen molar-refractivity contribution in [3.63, 3.8) is 0 Å². The fourth-order valence-corrected chi connectivity index (χ4v) is 4.10. The van der Waals surface area contributed by atoms with Gasteiger partial charge in [0.05, 0.1) is 10.7 Å². The Morgan fingerprint density at radius 1 is 0.939 bits per heavy atom. The number of aryl methyl sites for hydroxylation is 1. The highest BCUT2D eigenvalue weighted by molar-refractivity contribution is 6.33. The highest BCUT2D eigenvalue weighted by atomic mass is 35.5. The fourth-order valence-electron chi connectivity index (χ4n) is 3.83. The molecule has 1 fully saturated rings. The maximum atomic E-state index is 12.7. The molecule has 8 heteroatoms. The molecule has 0 aliphatic carbocycles. The summed E-state index contributed by atoms with van der Waals surface area (Å²) >= 11 is 6.23. The molecule has 0 unspecified atom stereocenters. The summed E-state index contributed by atoms with van der Waals surface area (Å²) in [6, 6.07) is 13.1. The first-order chi connectivity index (χ1) is 16.0. The molecule has 33 heavy (non-hydrogen) atoms. The van der Waals surface area contributed by atoms with Crippen LogP contribution in [0.4, 0.5) is 26.7 Å². The Morgan fingerprint density at radius 3 is 2.33 bits per heavy atom. The Labute approximate surface area is 201 Å². The van der Waals surface area contributed by atoms with Gasteiger partial charge in [0.1, 0.15) is 0 Å². The zero-order chi connectivity index (χ0) is 23.6. The molecule has 1 heterocycles. The van der Waals surface area contributed by atoms with E-state index in [4.69, 9.17) is 11.6 Å². The van der Waals surface area contributed by atoms with Crippen LogP contribution in [0.5, 0.6) is 0 Å². The van der Waals surface area contributed by atoms with E-state index in [-0.39, 0.29) is 12.1 Å². The van der Waals surface area contributed by atoms with E-state index in [9.17, 15) is 9.59 Å². The van der Waals surface area contributed by atoms with Gasteiger partial charge in [-0.3, -0.25) is 0 Å². The summed E-state index contributed by atoms with van der Waals surface area (Å²) in [6.45, 7) is 7.50. The second kappa shape index (κ2) is 12.3. The van der Waals surface area contributed by atoms with Gasteiger partial charge in [-0.05, 0) is 49.2 Å². The number of hydrogen-bond donors (Lipinski definition) is 3. The number of halogens is 1. The van der Waals surface area contributed by atoms with Crippen molar-refractivity contribution in [3.05, 3.63) is 53.1 Å².